The molecule has 0 heterocycles. The average Bonchev–Trinajstić information content (AvgIpc) is 2.46. The van der Waals surface area contributed by atoms with Crippen LogP contribution in [0, 0.1) is 0 Å². The van der Waals surface area contributed by atoms with E-state index in [2.05, 4.69) is 0 Å². The number of carboxylic acid groups (broad SMARTS) is 1. The van der Waals surface area contributed by atoms with Gasteiger partial charge in [-0.25, -0.2) is 0 Å². The third kappa shape index (κ3) is 3.67. The van der Waals surface area contributed by atoms with E-state index >= 15 is 0 Å². The van der Waals surface area contributed by atoms with Crippen LogP contribution in [0.25, 0.3) is 0 Å². The highest BCUT2D eigenvalue weighted by Crippen LogP contribution is 2.29. The van der Waals surface area contributed by atoms with Gasteiger partial charge in [-0.15, -0.1) is 0 Å². The molecule has 0 saturated heterocycles. The number of carboxylic acids is 1. The average molecular weight is 307 g/mol. The van der Waals surface area contributed by atoms with Gasteiger partial charge in [0, 0.05) is 5.02 Å². The first kappa shape index (κ1) is 15.2. The summed E-state index contributed by atoms with van der Waals surface area (Å²) in [6.07, 6.45) is 0.272. The Hall–Kier alpha value is -2.20. The number of carbonyl (C=O) groups is 1. The molecular formula is C16H15ClO4. The molecule has 1 unspecified atom stereocenters. The number of hydrogen-bond acceptors (Lipinski definition) is 3. The second-order valence-corrected chi connectivity index (χ2v) is 5.09. The minimum Gasteiger partial charge on any atom is -0.504 e. The molecule has 5 heteroatoms. The number of rotatable bonds is 5. The molecule has 0 spiro atoms. The highest BCUT2D eigenvalue weighted by molar-refractivity contribution is 6.30. The van der Waals surface area contributed by atoms with E-state index in [4.69, 9.17) is 16.3 Å². The molecule has 21 heavy (non-hydrogen) atoms. The highest BCUT2D eigenvalue weighted by atomic mass is 35.5. The van der Waals surface area contributed by atoms with Gasteiger partial charge in [-0.2, -0.15) is 0 Å². The fourth-order valence-corrected chi connectivity index (χ4v) is 2.27. The molecule has 0 aliphatic carbocycles. The lowest BCUT2D eigenvalue weighted by atomic mass is 9.92. The summed E-state index contributed by atoms with van der Waals surface area (Å²) in [6, 6.07) is 11.6. The van der Waals surface area contributed by atoms with Gasteiger partial charge in [0.15, 0.2) is 11.5 Å². The lowest BCUT2D eigenvalue weighted by Crippen LogP contribution is -2.14. The van der Waals surface area contributed by atoms with E-state index in [1.807, 2.05) is 0 Å². The Balaban J connectivity index is 2.26. The second-order valence-electron chi connectivity index (χ2n) is 4.65. The van der Waals surface area contributed by atoms with Crippen LogP contribution in [-0.2, 0) is 11.2 Å². The Labute approximate surface area is 127 Å². The Kier molecular flexibility index (Phi) is 4.70. The molecule has 0 aliphatic heterocycles. The largest absolute Gasteiger partial charge is 0.504 e. The van der Waals surface area contributed by atoms with Gasteiger partial charge in [0.1, 0.15) is 0 Å². The zero-order valence-corrected chi connectivity index (χ0v) is 12.2. The fourth-order valence-electron chi connectivity index (χ4n) is 2.14. The summed E-state index contributed by atoms with van der Waals surface area (Å²) < 4.78 is 4.97. The third-order valence-electron chi connectivity index (χ3n) is 3.25. The Bertz CT molecular complexity index is 637. The van der Waals surface area contributed by atoms with Crippen molar-refractivity contribution in [2.75, 3.05) is 7.11 Å². The summed E-state index contributed by atoms with van der Waals surface area (Å²) >= 11 is 5.82. The molecule has 0 bridgehead atoms. The first-order valence-electron chi connectivity index (χ1n) is 6.35. The van der Waals surface area contributed by atoms with Gasteiger partial charge in [0.05, 0.1) is 13.0 Å². The zero-order valence-electron chi connectivity index (χ0n) is 11.4. The summed E-state index contributed by atoms with van der Waals surface area (Å²) in [5, 5.41) is 19.7. The molecular weight excluding hydrogens is 292 g/mol. The first-order valence-corrected chi connectivity index (χ1v) is 6.73. The van der Waals surface area contributed by atoms with E-state index in [0.29, 0.717) is 16.3 Å². The van der Waals surface area contributed by atoms with E-state index < -0.39 is 11.9 Å². The monoisotopic (exact) mass is 306 g/mol. The SMILES string of the molecule is COc1ccc(CC(C(=O)O)c2ccc(Cl)cc2)cc1O. The van der Waals surface area contributed by atoms with Crippen LogP contribution in [0.5, 0.6) is 11.5 Å². The van der Waals surface area contributed by atoms with Crippen molar-refractivity contribution in [3.05, 3.63) is 58.6 Å². The third-order valence-corrected chi connectivity index (χ3v) is 3.51. The van der Waals surface area contributed by atoms with E-state index in [0.717, 1.165) is 5.56 Å². The molecule has 2 aromatic carbocycles. The molecule has 1 atom stereocenters. The molecule has 0 saturated carbocycles. The van der Waals surface area contributed by atoms with Gasteiger partial charge in [0.2, 0.25) is 0 Å². The maximum atomic E-state index is 11.5. The van der Waals surface area contributed by atoms with E-state index in [-0.39, 0.29) is 12.2 Å². The number of phenolic OH excluding ortho intramolecular Hbond substituents is 1. The van der Waals surface area contributed by atoms with Crippen LogP contribution < -0.4 is 4.74 Å². The van der Waals surface area contributed by atoms with Gasteiger partial charge < -0.3 is 14.9 Å². The Morgan fingerprint density at radius 2 is 1.90 bits per heavy atom. The molecule has 0 aromatic heterocycles. The quantitative estimate of drug-likeness (QED) is 0.887. The predicted octanol–water partition coefficient (Wildman–Crippen LogP) is 3.47. The molecule has 0 fully saturated rings. The highest BCUT2D eigenvalue weighted by Gasteiger charge is 2.20. The van der Waals surface area contributed by atoms with Crippen LogP contribution in [0.3, 0.4) is 0 Å². The van der Waals surface area contributed by atoms with Crippen molar-refractivity contribution in [2.45, 2.75) is 12.3 Å². The van der Waals surface area contributed by atoms with E-state index in [9.17, 15) is 15.0 Å². The van der Waals surface area contributed by atoms with Crippen molar-refractivity contribution in [1.29, 1.82) is 0 Å². The number of aliphatic carboxylic acids is 1. The topological polar surface area (TPSA) is 66.8 Å². The van der Waals surface area contributed by atoms with Crippen molar-refractivity contribution < 1.29 is 19.7 Å². The molecule has 2 rings (SSSR count). The minimum atomic E-state index is -0.923. The number of ether oxygens (including phenoxy) is 1. The van der Waals surface area contributed by atoms with E-state index in [1.165, 1.54) is 13.2 Å². The van der Waals surface area contributed by atoms with Crippen molar-refractivity contribution in [2.24, 2.45) is 0 Å². The number of phenols is 1. The normalized spacial score (nSPS) is 11.9. The predicted molar refractivity (Wildman–Crippen MR) is 80.2 cm³/mol. The maximum absolute atomic E-state index is 11.5. The molecule has 2 aromatic rings. The van der Waals surface area contributed by atoms with E-state index in [1.54, 1.807) is 36.4 Å². The first-order chi connectivity index (χ1) is 10.0. The van der Waals surface area contributed by atoms with Gasteiger partial charge >= 0.3 is 5.97 Å². The van der Waals surface area contributed by atoms with Crippen LogP contribution >= 0.6 is 11.6 Å². The van der Waals surface area contributed by atoms with Crippen LogP contribution in [0.15, 0.2) is 42.5 Å². The summed E-state index contributed by atoms with van der Waals surface area (Å²) in [4.78, 5) is 11.5. The fraction of sp³-hybridized carbons (Fsp3) is 0.188. The number of aromatic hydroxyl groups is 1. The van der Waals surface area contributed by atoms with Crippen molar-refractivity contribution in [1.82, 2.24) is 0 Å². The smallest absolute Gasteiger partial charge is 0.311 e. The number of hydrogen-bond donors (Lipinski definition) is 2. The molecule has 110 valence electrons. The van der Waals surface area contributed by atoms with Gasteiger partial charge in [0.25, 0.3) is 0 Å². The molecule has 0 amide bonds. The lowest BCUT2D eigenvalue weighted by molar-refractivity contribution is -0.138. The standard InChI is InChI=1S/C16H15ClO4/c1-21-15-7-2-10(9-14(15)18)8-13(16(19)20)11-3-5-12(17)6-4-11/h2-7,9,13,18H,8H2,1H3,(H,19,20). The summed E-state index contributed by atoms with van der Waals surface area (Å²) in [5.41, 5.74) is 1.39. The van der Waals surface area contributed by atoms with Gasteiger partial charge in [-0.05, 0) is 41.8 Å². The Morgan fingerprint density at radius 1 is 1.24 bits per heavy atom. The van der Waals surface area contributed by atoms with Crippen LogP contribution in [0.2, 0.25) is 5.02 Å². The lowest BCUT2D eigenvalue weighted by Gasteiger charge is -2.14. The van der Waals surface area contributed by atoms with Crippen LogP contribution in [0.4, 0.5) is 0 Å². The molecule has 0 radical (unpaired) electrons. The Morgan fingerprint density at radius 3 is 2.43 bits per heavy atom. The minimum absolute atomic E-state index is 0.00440. The van der Waals surface area contributed by atoms with Crippen molar-refractivity contribution in [3.63, 3.8) is 0 Å². The van der Waals surface area contributed by atoms with Gasteiger partial charge in [-0.3, -0.25) is 4.79 Å². The van der Waals surface area contributed by atoms with Crippen LogP contribution in [-0.4, -0.2) is 23.3 Å². The maximum Gasteiger partial charge on any atom is 0.311 e. The second kappa shape index (κ2) is 6.50. The zero-order chi connectivity index (χ0) is 15.4. The summed E-state index contributed by atoms with van der Waals surface area (Å²) in [5.74, 6) is -1.27. The number of methoxy groups -OCH3 is 1. The van der Waals surface area contributed by atoms with Crippen LogP contribution in [0.1, 0.15) is 17.0 Å². The summed E-state index contributed by atoms with van der Waals surface area (Å²) in [6.45, 7) is 0. The molecule has 4 nitrogen and oxygen atoms in total. The number of benzene rings is 2. The van der Waals surface area contributed by atoms with Crippen molar-refractivity contribution in [3.8, 4) is 11.5 Å². The molecule has 0 aliphatic rings. The summed E-state index contributed by atoms with van der Waals surface area (Å²) in [7, 11) is 1.46. The number of halogens is 1. The molecule has 2 N–H and O–H groups in total. The van der Waals surface area contributed by atoms with Crippen molar-refractivity contribution >= 4 is 17.6 Å². The van der Waals surface area contributed by atoms with Gasteiger partial charge in [-0.1, -0.05) is 29.8 Å².